The topological polar surface area (TPSA) is 130 Å². The number of cyclic esters (lactones) is 1. The lowest BCUT2D eigenvalue weighted by molar-refractivity contribution is -0.300. The summed E-state index contributed by atoms with van der Waals surface area (Å²) < 4.78 is 24.9. The largest absolute Gasteiger partial charge is 0.459 e. The molecule has 0 spiro atoms. The van der Waals surface area contributed by atoms with Gasteiger partial charge in [-0.25, -0.2) is 0 Å². The molecule has 3 N–H and O–H groups in total. The minimum absolute atomic E-state index is 0.0488. The van der Waals surface area contributed by atoms with Gasteiger partial charge in [0.15, 0.2) is 6.29 Å². The van der Waals surface area contributed by atoms with Crippen molar-refractivity contribution >= 4 is 11.7 Å². The second-order valence-electron chi connectivity index (χ2n) is 13.7. The van der Waals surface area contributed by atoms with Crippen LogP contribution in [-0.2, 0) is 23.7 Å². The first-order valence-electron chi connectivity index (χ1n) is 15.6. The molecule has 10 nitrogen and oxygen atoms in total. The minimum atomic E-state index is -1.71. The summed E-state index contributed by atoms with van der Waals surface area (Å²) in [5.74, 6) is -2.46. The number of esters is 1. The van der Waals surface area contributed by atoms with Crippen LogP contribution in [0.3, 0.4) is 0 Å². The van der Waals surface area contributed by atoms with Gasteiger partial charge >= 0.3 is 5.97 Å². The van der Waals surface area contributed by atoms with Crippen LogP contribution in [0.25, 0.3) is 0 Å². The van der Waals surface area contributed by atoms with Crippen LogP contribution in [0.1, 0.15) is 81.6 Å². The Labute approximate surface area is 254 Å². The zero-order chi connectivity index (χ0) is 32.3. The highest BCUT2D eigenvalue weighted by molar-refractivity contribution is 5.89. The van der Waals surface area contributed by atoms with Gasteiger partial charge in [0.1, 0.15) is 17.8 Å². The highest BCUT2D eigenvalue weighted by Crippen LogP contribution is 2.39. The normalized spacial score (nSPS) is 47.7. The fourth-order valence-electron chi connectivity index (χ4n) is 7.26. The van der Waals surface area contributed by atoms with Crippen LogP contribution in [0.15, 0.2) is 4.99 Å². The van der Waals surface area contributed by atoms with E-state index in [0.717, 1.165) is 6.42 Å². The first kappa shape index (κ1) is 37.0. The van der Waals surface area contributed by atoms with Crippen LogP contribution >= 0.6 is 0 Å². The van der Waals surface area contributed by atoms with E-state index in [1.165, 1.54) is 6.92 Å². The summed E-state index contributed by atoms with van der Waals surface area (Å²) in [4.78, 5) is 20.1. The van der Waals surface area contributed by atoms with Gasteiger partial charge in [-0.1, -0.05) is 41.5 Å². The Morgan fingerprint density at radius 1 is 1.05 bits per heavy atom. The lowest BCUT2D eigenvalue weighted by Crippen LogP contribution is -2.59. The van der Waals surface area contributed by atoms with E-state index in [4.69, 9.17) is 18.9 Å². The summed E-state index contributed by atoms with van der Waals surface area (Å²) >= 11 is 0. The van der Waals surface area contributed by atoms with Crippen LogP contribution in [0.2, 0.25) is 0 Å². The van der Waals surface area contributed by atoms with E-state index in [2.05, 4.69) is 9.89 Å². The second kappa shape index (κ2) is 14.8. The molecule has 2 heterocycles. The Kier molecular flexibility index (Phi) is 13.0. The predicted molar refractivity (Wildman–Crippen MR) is 163 cm³/mol. The van der Waals surface area contributed by atoms with Crippen molar-refractivity contribution in [2.24, 2.45) is 34.6 Å². The van der Waals surface area contributed by atoms with Crippen molar-refractivity contribution in [2.45, 2.75) is 136 Å². The monoisotopic (exact) mass is 600 g/mol. The SMILES string of the molecule is CC[C@H]1OC(=O)[C@H](C)[C@@H](C)[C@H](C)[C@@H](O[C@@H]2O[C@H](C)C[C@H](N(C)C)[C@H]2OC)[C@](C)(O)C[C@@H](C)C(=NC)[C@H](C)[C@@H](O)[C@]1(C)O. The molecule has 10 heteroatoms. The second-order valence-corrected chi connectivity index (χ2v) is 13.7. The van der Waals surface area contributed by atoms with E-state index in [0.29, 0.717) is 12.1 Å². The van der Waals surface area contributed by atoms with Gasteiger partial charge in [0.05, 0.1) is 29.8 Å². The molecule has 0 bridgehead atoms. The molecule has 246 valence electrons. The first-order chi connectivity index (χ1) is 19.3. The summed E-state index contributed by atoms with van der Waals surface area (Å²) in [6, 6.07) is 0.0488. The van der Waals surface area contributed by atoms with Crippen LogP contribution < -0.4 is 0 Å². The number of aliphatic hydroxyl groups is 3. The molecular weight excluding hydrogens is 540 g/mol. The molecule has 2 aliphatic heterocycles. The van der Waals surface area contributed by atoms with Crippen molar-refractivity contribution in [1.82, 2.24) is 4.90 Å². The number of rotatable bonds is 5. The maximum Gasteiger partial charge on any atom is 0.309 e. The first-order valence-corrected chi connectivity index (χ1v) is 15.6. The Hall–Kier alpha value is -1.14. The smallest absolute Gasteiger partial charge is 0.309 e. The average molecular weight is 601 g/mol. The molecule has 2 fully saturated rings. The number of hydrogen-bond donors (Lipinski definition) is 3. The van der Waals surface area contributed by atoms with Gasteiger partial charge in [0.2, 0.25) is 0 Å². The summed E-state index contributed by atoms with van der Waals surface area (Å²) in [5, 5.41) is 35.1. The number of nitrogens with zero attached hydrogens (tertiary/aromatic N) is 2. The maximum absolute atomic E-state index is 13.5. The van der Waals surface area contributed by atoms with Gasteiger partial charge in [-0.05, 0) is 71.9 Å². The molecular formula is C32H60N2O8. The standard InChI is InChI=1S/C32H60N2O8/c1-14-24-32(9,38)27(35)22(7)25(33-10)17(2)16-31(8,37)28(20(5)19(4)21(6)29(36)41-24)42-30-26(39-13)23(34(11)12)15-18(3)40-30/h17-24,26-28,30,35,37-38H,14-16H2,1-13H3/t17-,18-,19+,20+,21-,22+,23+,24-,26-,27-,28-,30+,31-,32-/m1/s1. The Morgan fingerprint density at radius 3 is 2.14 bits per heavy atom. The zero-order valence-corrected chi connectivity index (χ0v) is 28.3. The highest BCUT2D eigenvalue weighted by Gasteiger charge is 2.50. The lowest BCUT2D eigenvalue weighted by atomic mass is 9.72. The van der Waals surface area contributed by atoms with Gasteiger partial charge in [0.25, 0.3) is 0 Å². The quantitative estimate of drug-likeness (QED) is 0.407. The maximum atomic E-state index is 13.5. The van der Waals surface area contributed by atoms with Crippen molar-refractivity contribution in [2.75, 3.05) is 28.3 Å². The third-order valence-corrected chi connectivity index (χ3v) is 10.2. The molecule has 42 heavy (non-hydrogen) atoms. The summed E-state index contributed by atoms with van der Waals surface area (Å²) in [7, 11) is 7.31. The average Bonchev–Trinajstić information content (AvgIpc) is 2.91. The third-order valence-electron chi connectivity index (χ3n) is 10.2. The molecule has 0 radical (unpaired) electrons. The van der Waals surface area contributed by atoms with E-state index in [1.807, 2.05) is 48.7 Å². The molecule has 14 atom stereocenters. The van der Waals surface area contributed by atoms with Gasteiger partial charge < -0.3 is 39.2 Å². The molecule has 0 unspecified atom stereocenters. The molecule has 0 aromatic carbocycles. The minimum Gasteiger partial charge on any atom is -0.459 e. The number of aliphatic hydroxyl groups excluding tert-OH is 1. The molecule has 0 aromatic rings. The molecule has 2 rings (SSSR count). The summed E-state index contributed by atoms with van der Waals surface area (Å²) in [5.41, 5.74) is -2.44. The van der Waals surface area contributed by atoms with E-state index < -0.39 is 59.7 Å². The Morgan fingerprint density at radius 2 is 1.64 bits per heavy atom. The van der Waals surface area contributed by atoms with E-state index in [1.54, 1.807) is 34.9 Å². The molecule has 0 saturated carbocycles. The van der Waals surface area contributed by atoms with E-state index >= 15 is 0 Å². The molecule has 0 aromatic heterocycles. The number of carbonyl (C=O) groups is 1. The molecule has 2 aliphatic rings. The third kappa shape index (κ3) is 7.92. The Bertz CT molecular complexity index is 909. The zero-order valence-electron chi connectivity index (χ0n) is 28.3. The number of likely N-dealkylation sites (N-methyl/N-ethyl adjacent to an activating group) is 1. The van der Waals surface area contributed by atoms with Gasteiger partial charge in [-0.2, -0.15) is 0 Å². The number of hydrogen-bond acceptors (Lipinski definition) is 10. The molecule has 2 saturated heterocycles. The van der Waals surface area contributed by atoms with Gasteiger partial charge in [-0.3, -0.25) is 9.79 Å². The summed E-state index contributed by atoms with van der Waals surface area (Å²) in [6.07, 6.45) is -2.76. The van der Waals surface area contributed by atoms with Crippen LogP contribution in [0, 0.1) is 29.6 Å². The van der Waals surface area contributed by atoms with Crippen molar-refractivity contribution in [3.8, 4) is 0 Å². The lowest BCUT2D eigenvalue weighted by Gasteiger charge is -2.48. The van der Waals surface area contributed by atoms with Crippen molar-refractivity contribution in [3.63, 3.8) is 0 Å². The van der Waals surface area contributed by atoms with E-state index in [9.17, 15) is 20.1 Å². The van der Waals surface area contributed by atoms with E-state index in [-0.39, 0.29) is 36.3 Å². The fourth-order valence-corrected chi connectivity index (χ4v) is 7.26. The van der Waals surface area contributed by atoms with Crippen LogP contribution in [0.5, 0.6) is 0 Å². The number of carbonyl (C=O) groups excluding carboxylic acids is 1. The van der Waals surface area contributed by atoms with Crippen molar-refractivity contribution in [3.05, 3.63) is 0 Å². The number of aliphatic imine (C=N–C) groups is 1. The highest BCUT2D eigenvalue weighted by atomic mass is 16.7. The summed E-state index contributed by atoms with van der Waals surface area (Å²) in [6.45, 7) is 16.6. The Balaban J connectivity index is 2.62. The van der Waals surface area contributed by atoms with Crippen LogP contribution in [-0.4, -0.2) is 114 Å². The van der Waals surface area contributed by atoms with Gasteiger partial charge in [-0.15, -0.1) is 0 Å². The van der Waals surface area contributed by atoms with Crippen molar-refractivity contribution in [1.29, 1.82) is 0 Å². The molecule has 0 amide bonds. The van der Waals surface area contributed by atoms with Crippen LogP contribution in [0.4, 0.5) is 0 Å². The van der Waals surface area contributed by atoms with Gasteiger partial charge in [0, 0.05) is 31.8 Å². The molecule has 0 aliphatic carbocycles. The number of methoxy groups -OCH3 is 1. The predicted octanol–water partition coefficient (Wildman–Crippen LogP) is 3.29. The number of ether oxygens (including phenoxy) is 4. The fraction of sp³-hybridized carbons (Fsp3) is 0.938. The van der Waals surface area contributed by atoms with Crippen molar-refractivity contribution < 1.29 is 39.1 Å².